The van der Waals surface area contributed by atoms with E-state index >= 15 is 0 Å². The third-order valence-electron chi connectivity index (χ3n) is 6.90. The topological polar surface area (TPSA) is 23.6 Å². The second-order valence-corrected chi connectivity index (χ2v) is 8.91. The molecule has 0 saturated carbocycles. The van der Waals surface area contributed by atoms with Crippen LogP contribution in [0.2, 0.25) is 0 Å². The summed E-state index contributed by atoms with van der Waals surface area (Å²) in [5.41, 5.74) is 6.60. The van der Waals surface area contributed by atoms with Crippen molar-refractivity contribution in [1.82, 2.24) is 4.90 Å². The van der Waals surface area contributed by atoms with Crippen molar-refractivity contribution in [2.45, 2.75) is 59.5 Å². The van der Waals surface area contributed by atoms with Crippen LogP contribution in [0.5, 0.6) is 0 Å². The molecule has 0 saturated heterocycles. The first-order chi connectivity index (χ1) is 16.4. The minimum atomic E-state index is -0.264. The number of anilines is 1. The first kappa shape index (κ1) is 25.3. The zero-order chi connectivity index (χ0) is 24.8. The molecule has 0 aliphatic rings. The highest BCUT2D eigenvalue weighted by molar-refractivity contribution is 5.99. The summed E-state index contributed by atoms with van der Waals surface area (Å²) in [5, 5.41) is 2.36. The lowest BCUT2D eigenvalue weighted by Crippen LogP contribution is -2.46. The molecule has 0 fully saturated rings. The van der Waals surface area contributed by atoms with E-state index in [4.69, 9.17) is 0 Å². The molecule has 0 unspecified atom stereocenters. The number of allylic oxidation sites excluding steroid dienone is 1. The third kappa shape index (κ3) is 5.09. The number of fused-ring (bicyclic) bond motifs is 1. The van der Waals surface area contributed by atoms with Crippen molar-refractivity contribution in [3.63, 3.8) is 0 Å². The number of benzene rings is 3. The fourth-order valence-electron chi connectivity index (χ4n) is 4.67. The summed E-state index contributed by atoms with van der Waals surface area (Å²) in [4.78, 5) is 18.2. The van der Waals surface area contributed by atoms with Crippen LogP contribution < -0.4 is 4.90 Å². The number of nitrogens with zero attached hydrogens (tertiary/aromatic N) is 2. The van der Waals surface area contributed by atoms with Crippen LogP contribution in [0.3, 0.4) is 0 Å². The van der Waals surface area contributed by atoms with Crippen molar-refractivity contribution in [1.29, 1.82) is 0 Å². The van der Waals surface area contributed by atoms with Crippen molar-refractivity contribution in [3.05, 3.63) is 95.7 Å². The summed E-state index contributed by atoms with van der Waals surface area (Å²) in [7, 11) is 1.99. The van der Waals surface area contributed by atoms with Gasteiger partial charge in [-0.05, 0) is 71.3 Å². The molecule has 0 bridgehead atoms. The van der Waals surface area contributed by atoms with E-state index in [0.29, 0.717) is 6.54 Å². The average Bonchev–Trinajstić information content (AvgIpc) is 2.86. The quantitative estimate of drug-likeness (QED) is 0.316. The predicted octanol–water partition coefficient (Wildman–Crippen LogP) is 7.52. The Bertz CT molecular complexity index is 1190. The van der Waals surface area contributed by atoms with E-state index in [1.165, 1.54) is 21.9 Å². The Hall–Kier alpha value is -3.33. The third-order valence-corrected chi connectivity index (χ3v) is 6.90. The molecule has 3 aromatic rings. The SMILES string of the molecule is C=Cc1ccc2c(CN(C(=O)[C@H](CC)N(C)C(=C)CC)c3ccccc3C)c(CC)ccc2c1. The minimum absolute atomic E-state index is 0.107. The van der Waals surface area contributed by atoms with Gasteiger partial charge in [0.15, 0.2) is 0 Å². The van der Waals surface area contributed by atoms with Crippen LogP contribution in [0.1, 0.15) is 55.9 Å². The number of carbonyl (C=O) groups excluding carboxylic acids is 1. The zero-order valence-electron chi connectivity index (χ0n) is 21.4. The number of likely N-dealkylation sites (N-methyl/N-ethyl adjacent to an activating group) is 1. The van der Waals surface area contributed by atoms with Crippen LogP contribution in [0.25, 0.3) is 16.8 Å². The van der Waals surface area contributed by atoms with Crippen molar-refractivity contribution in [3.8, 4) is 0 Å². The maximum atomic E-state index is 14.2. The summed E-state index contributed by atoms with van der Waals surface area (Å²) in [6, 6.07) is 18.7. The Labute approximate surface area is 205 Å². The van der Waals surface area contributed by atoms with E-state index in [9.17, 15) is 4.79 Å². The normalized spacial score (nSPS) is 11.8. The largest absolute Gasteiger partial charge is 0.367 e. The Kier molecular flexibility index (Phi) is 8.33. The number of rotatable bonds is 10. The standard InChI is InChI=1S/C31H38N2O/c1-8-23(6)32(7)29(11-4)31(34)33(30-15-13-12-14-22(30)5)21-28-25(10-3)17-18-26-20-24(9-2)16-19-27(26)28/h9,12-20,29H,2,6,8,10-11,21H2,1,3-5,7H3/t29-/m0/s1. The van der Waals surface area contributed by atoms with Crippen LogP contribution >= 0.6 is 0 Å². The summed E-state index contributed by atoms with van der Waals surface area (Å²) >= 11 is 0. The van der Waals surface area contributed by atoms with E-state index < -0.39 is 0 Å². The molecule has 0 N–H and O–H groups in total. The Morgan fingerprint density at radius 3 is 2.41 bits per heavy atom. The van der Waals surface area contributed by atoms with Crippen molar-refractivity contribution in [2.75, 3.05) is 11.9 Å². The molecule has 0 aliphatic carbocycles. The minimum Gasteiger partial charge on any atom is -0.367 e. The lowest BCUT2D eigenvalue weighted by Gasteiger charge is -2.35. The second-order valence-electron chi connectivity index (χ2n) is 8.91. The molecule has 34 heavy (non-hydrogen) atoms. The fraction of sp³-hybridized carbons (Fsp3) is 0.323. The molecule has 0 spiro atoms. The van der Waals surface area contributed by atoms with E-state index in [1.807, 2.05) is 35.1 Å². The fourth-order valence-corrected chi connectivity index (χ4v) is 4.67. The number of hydrogen-bond donors (Lipinski definition) is 0. The van der Waals surface area contributed by atoms with Crippen LogP contribution in [0.4, 0.5) is 5.69 Å². The van der Waals surface area contributed by atoms with Gasteiger partial charge in [-0.1, -0.05) is 82.5 Å². The smallest absolute Gasteiger partial charge is 0.249 e. The van der Waals surface area contributed by atoms with E-state index in [2.05, 4.69) is 83.3 Å². The maximum Gasteiger partial charge on any atom is 0.249 e. The van der Waals surface area contributed by atoms with Crippen molar-refractivity contribution in [2.24, 2.45) is 0 Å². The van der Waals surface area contributed by atoms with Crippen LogP contribution in [0.15, 0.2) is 73.5 Å². The monoisotopic (exact) mass is 454 g/mol. The first-order valence-corrected chi connectivity index (χ1v) is 12.3. The van der Waals surface area contributed by atoms with Gasteiger partial charge in [-0.15, -0.1) is 0 Å². The summed E-state index contributed by atoms with van der Waals surface area (Å²) in [6.45, 7) is 17.0. The molecular weight excluding hydrogens is 416 g/mol. The lowest BCUT2D eigenvalue weighted by atomic mass is 9.95. The molecule has 3 rings (SSSR count). The van der Waals surface area contributed by atoms with Gasteiger partial charge in [-0.2, -0.15) is 0 Å². The number of para-hydroxylation sites is 1. The van der Waals surface area contributed by atoms with Gasteiger partial charge in [-0.25, -0.2) is 0 Å². The molecule has 0 aromatic heterocycles. The molecule has 1 atom stereocenters. The number of hydrogen-bond acceptors (Lipinski definition) is 2. The van der Waals surface area contributed by atoms with Gasteiger partial charge in [-0.3, -0.25) is 4.79 Å². The number of carbonyl (C=O) groups is 1. The summed E-state index contributed by atoms with van der Waals surface area (Å²) in [6.07, 6.45) is 4.32. The van der Waals surface area contributed by atoms with Gasteiger partial charge in [0, 0.05) is 18.4 Å². The Balaban J connectivity index is 2.16. The van der Waals surface area contributed by atoms with Crippen molar-refractivity contribution >= 4 is 28.4 Å². The predicted molar refractivity (Wildman–Crippen MR) is 147 cm³/mol. The molecule has 0 radical (unpaired) electrons. The van der Waals surface area contributed by atoms with Gasteiger partial charge in [0.1, 0.15) is 6.04 Å². The highest BCUT2D eigenvalue weighted by Gasteiger charge is 2.29. The van der Waals surface area contributed by atoms with E-state index in [-0.39, 0.29) is 11.9 Å². The molecule has 1 amide bonds. The number of amides is 1. The second kappa shape index (κ2) is 11.2. The van der Waals surface area contributed by atoms with E-state index in [0.717, 1.165) is 41.8 Å². The van der Waals surface area contributed by atoms with Crippen LogP contribution in [-0.2, 0) is 17.8 Å². The highest BCUT2D eigenvalue weighted by Crippen LogP contribution is 2.30. The van der Waals surface area contributed by atoms with Gasteiger partial charge >= 0.3 is 0 Å². The molecular formula is C31H38N2O. The van der Waals surface area contributed by atoms with Crippen molar-refractivity contribution < 1.29 is 4.79 Å². The summed E-state index contributed by atoms with van der Waals surface area (Å²) in [5.74, 6) is 0.107. The van der Waals surface area contributed by atoms with Gasteiger partial charge in [0.05, 0.1) is 6.54 Å². The lowest BCUT2D eigenvalue weighted by molar-refractivity contribution is -0.123. The van der Waals surface area contributed by atoms with Gasteiger partial charge in [0.25, 0.3) is 0 Å². The first-order valence-electron chi connectivity index (χ1n) is 12.3. The molecule has 3 aromatic carbocycles. The van der Waals surface area contributed by atoms with Crippen LogP contribution in [0, 0.1) is 6.92 Å². The molecule has 0 heterocycles. The summed E-state index contributed by atoms with van der Waals surface area (Å²) < 4.78 is 0. The van der Waals surface area contributed by atoms with Gasteiger partial charge in [0.2, 0.25) is 5.91 Å². The zero-order valence-corrected chi connectivity index (χ0v) is 21.4. The maximum absolute atomic E-state index is 14.2. The molecule has 0 aliphatic heterocycles. The molecule has 178 valence electrons. The van der Waals surface area contributed by atoms with Crippen LogP contribution in [-0.4, -0.2) is 23.9 Å². The molecule has 3 nitrogen and oxygen atoms in total. The Morgan fingerprint density at radius 2 is 1.79 bits per heavy atom. The number of aryl methyl sites for hydroxylation is 2. The Morgan fingerprint density at radius 1 is 1.06 bits per heavy atom. The highest BCUT2D eigenvalue weighted by atomic mass is 16.2. The van der Waals surface area contributed by atoms with Gasteiger partial charge < -0.3 is 9.80 Å². The average molecular weight is 455 g/mol. The molecule has 3 heteroatoms. The van der Waals surface area contributed by atoms with E-state index in [1.54, 1.807) is 0 Å².